The van der Waals surface area contributed by atoms with Crippen molar-refractivity contribution in [3.8, 4) is 0 Å². The van der Waals surface area contributed by atoms with Crippen molar-refractivity contribution in [2.45, 2.75) is 53.4 Å². The van der Waals surface area contributed by atoms with E-state index < -0.39 is 5.97 Å². The van der Waals surface area contributed by atoms with E-state index in [0.717, 1.165) is 32.4 Å². The molecule has 0 aromatic heterocycles. The summed E-state index contributed by atoms with van der Waals surface area (Å²) in [6, 6.07) is -0.0513. The van der Waals surface area contributed by atoms with E-state index in [1.165, 1.54) is 0 Å². The SMILES string of the molecule is CC(C)CC(CNC(=O)N1CCC(C)(C)CC1)CC(=O)O. The Morgan fingerprint density at radius 1 is 1.24 bits per heavy atom. The summed E-state index contributed by atoms with van der Waals surface area (Å²) in [5.74, 6) is -0.357. The van der Waals surface area contributed by atoms with E-state index >= 15 is 0 Å². The second kappa shape index (κ2) is 7.66. The zero-order valence-electron chi connectivity index (χ0n) is 13.8. The molecule has 5 nitrogen and oxygen atoms in total. The number of hydrogen-bond acceptors (Lipinski definition) is 2. The standard InChI is InChI=1S/C16H30N2O3/c1-12(2)9-13(10-14(19)20)11-17-15(21)18-7-5-16(3,4)6-8-18/h12-13H,5-11H2,1-4H3,(H,17,21)(H,19,20). The number of urea groups is 1. The van der Waals surface area contributed by atoms with Gasteiger partial charge in [-0.2, -0.15) is 0 Å². The number of aliphatic carboxylic acids is 1. The van der Waals surface area contributed by atoms with Crippen LogP contribution in [-0.2, 0) is 4.79 Å². The maximum absolute atomic E-state index is 12.2. The summed E-state index contributed by atoms with van der Waals surface area (Å²) in [5, 5.41) is 11.9. The molecule has 0 spiro atoms. The first-order valence-corrected chi connectivity index (χ1v) is 7.94. The molecule has 1 aliphatic rings. The molecule has 0 bridgehead atoms. The van der Waals surface area contributed by atoms with Crippen LogP contribution >= 0.6 is 0 Å². The van der Waals surface area contributed by atoms with Crippen LogP contribution in [-0.4, -0.2) is 41.6 Å². The van der Waals surface area contributed by atoms with E-state index in [1.807, 2.05) is 4.90 Å². The van der Waals surface area contributed by atoms with Gasteiger partial charge in [-0.1, -0.05) is 27.7 Å². The Bertz CT molecular complexity index is 357. The highest BCUT2D eigenvalue weighted by Gasteiger charge is 2.28. The van der Waals surface area contributed by atoms with Gasteiger partial charge in [-0.15, -0.1) is 0 Å². The minimum atomic E-state index is -0.797. The first-order valence-electron chi connectivity index (χ1n) is 7.94. The third kappa shape index (κ3) is 6.82. The van der Waals surface area contributed by atoms with Crippen molar-refractivity contribution < 1.29 is 14.7 Å². The molecule has 0 aliphatic carbocycles. The third-order valence-corrected chi connectivity index (χ3v) is 4.21. The molecule has 122 valence electrons. The highest BCUT2D eigenvalue weighted by Crippen LogP contribution is 2.29. The van der Waals surface area contributed by atoms with Gasteiger partial charge in [0.05, 0.1) is 0 Å². The van der Waals surface area contributed by atoms with Crippen molar-refractivity contribution in [3.05, 3.63) is 0 Å². The molecule has 1 rings (SSSR count). The number of carboxylic acids is 1. The van der Waals surface area contributed by atoms with Crippen LogP contribution in [0, 0.1) is 17.3 Å². The summed E-state index contributed by atoms with van der Waals surface area (Å²) >= 11 is 0. The molecule has 2 N–H and O–H groups in total. The largest absolute Gasteiger partial charge is 0.481 e. The van der Waals surface area contributed by atoms with Gasteiger partial charge >= 0.3 is 12.0 Å². The Balaban J connectivity index is 2.40. The molecule has 1 aliphatic heterocycles. The monoisotopic (exact) mass is 298 g/mol. The molecule has 0 saturated carbocycles. The van der Waals surface area contributed by atoms with E-state index in [9.17, 15) is 9.59 Å². The third-order valence-electron chi connectivity index (χ3n) is 4.21. The lowest BCUT2D eigenvalue weighted by molar-refractivity contribution is -0.138. The Labute approximate surface area is 128 Å². The van der Waals surface area contributed by atoms with E-state index in [4.69, 9.17) is 5.11 Å². The number of carbonyl (C=O) groups excluding carboxylic acids is 1. The van der Waals surface area contributed by atoms with Gasteiger partial charge in [0.15, 0.2) is 0 Å². The summed E-state index contributed by atoms with van der Waals surface area (Å²) in [4.78, 5) is 24.9. The van der Waals surface area contributed by atoms with E-state index in [-0.39, 0.29) is 18.4 Å². The normalized spacial score (nSPS) is 19.4. The minimum absolute atomic E-state index is 0.00711. The number of carbonyl (C=O) groups is 2. The maximum Gasteiger partial charge on any atom is 0.317 e. The lowest BCUT2D eigenvalue weighted by Crippen LogP contribution is -2.47. The van der Waals surface area contributed by atoms with Gasteiger partial charge in [-0.05, 0) is 36.5 Å². The lowest BCUT2D eigenvalue weighted by Gasteiger charge is -2.37. The molecule has 1 heterocycles. The molecular weight excluding hydrogens is 268 g/mol. The van der Waals surface area contributed by atoms with Crippen molar-refractivity contribution in [2.24, 2.45) is 17.3 Å². The quantitative estimate of drug-likeness (QED) is 0.792. The Hall–Kier alpha value is -1.26. The minimum Gasteiger partial charge on any atom is -0.481 e. The second-order valence-electron chi connectivity index (χ2n) is 7.43. The molecule has 21 heavy (non-hydrogen) atoms. The zero-order valence-corrected chi connectivity index (χ0v) is 13.8. The highest BCUT2D eigenvalue weighted by molar-refractivity contribution is 5.74. The van der Waals surface area contributed by atoms with Crippen LogP contribution in [0.15, 0.2) is 0 Å². The van der Waals surface area contributed by atoms with Crippen molar-refractivity contribution in [1.82, 2.24) is 10.2 Å². The van der Waals surface area contributed by atoms with Crippen molar-refractivity contribution in [3.63, 3.8) is 0 Å². The molecule has 1 fully saturated rings. The van der Waals surface area contributed by atoms with Crippen LogP contribution in [0.25, 0.3) is 0 Å². The van der Waals surface area contributed by atoms with Gasteiger partial charge < -0.3 is 15.3 Å². The molecule has 1 saturated heterocycles. The van der Waals surface area contributed by atoms with Crippen LogP contribution in [0.3, 0.4) is 0 Å². The average molecular weight is 298 g/mol. The summed E-state index contributed by atoms with van der Waals surface area (Å²) < 4.78 is 0. The fourth-order valence-corrected chi connectivity index (χ4v) is 2.81. The predicted octanol–water partition coefficient (Wildman–Crippen LogP) is 2.96. The number of piperidine rings is 1. The molecular formula is C16H30N2O3. The Kier molecular flexibility index (Phi) is 6.49. The van der Waals surface area contributed by atoms with Crippen LogP contribution in [0.1, 0.15) is 53.4 Å². The molecule has 0 aromatic rings. The van der Waals surface area contributed by atoms with Gasteiger partial charge in [0.2, 0.25) is 0 Å². The van der Waals surface area contributed by atoms with Gasteiger partial charge in [0.25, 0.3) is 0 Å². The van der Waals surface area contributed by atoms with Crippen LogP contribution in [0.2, 0.25) is 0 Å². The average Bonchev–Trinajstić information content (AvgIpc) is 2.34. The molecule has 1 unspecified atom stereocenters. The number of carboxylic acid groups (broad SMARTS) is 1. The van der Waals surface area contributed by atoms with E-state index in [1.54, 1.807) is 0 Å². The second-order valence-corrected chi connectivity index (χ2v) is 7.43. The summed E-state index contributed by atoms with van der Waals surface area (Å²) in [5.41, 5.74) is 0.320. The van der Waals surface area contributed by atoms with Crippen molar-refractivity contribution >= 4 is 12.0 Å². The van der Waals surface area contributed by atoms with E-state index in [0.29, 0.717) is 17.9 Å². The molecule has 0 aromatic carbocycles. The number of likely N-dealkylation sites (tertiary alicyclic amines) is 1. The van der Waals surface area contributed by atoms with Crippen molar-refractivity contribution in [1.29, 1.82) is 0 Å². The van der Waals surface area contributed by atoms with Gasteiger partial charge in [-0.3, -0.25) is 4.79 Å². The topological polar surface area (TPSA) is 69.6 Å². The lowest BCUT2D eigenvalue weighted by atomic mass is 9.83. The maximum atomic E-state index is 12.2. The van der Waals surface area contributed by atoms with Crippen LogP contribution in [0.4, 0.5) is 4.79 Å². The molecule has 0 radical (unpaired) electrons. The van der Waals surface area contributed by atoms with Crippen molar-refractivity contribution in [2.75, 3.05) is 19.6 Å². The number of rotatable bonds is 6. The molecule has 5 heteroatoms. The summed E-state index contributed by atoms with van der Waals surface area (Å²) in [7, 11) is 0. The van der Waals surface area contributed by atoms with E-state index in [2.05, 4.69) is 33.0 Å². The first kappa shape index (κ1) is 17.8. The Morgan fingerprint density at radius 2 is 1.81 bits per heavy atom. The highest BCUT2D eigenvalue weighted by atomic mass is 16.4. The Morgan fingerprint density at radius 3 is 2.29 bits per heavy atom. The number of hydrogen-bond donors (Lipinski definition) is 2. The first-order chi connectivity index (χ1) is 9.69. The number of amides is 2. The zero-order chi connectivity index (χ0) is 16.0. The summed E-state index contributed by atoms with van der Waals surface area (Å²) in [6.07, 6.45) is 2.97. The van der Waals surface area contributed by atoms with Crippen LogP contribution in [0.5, 0.6) is 0 Å². The van der Waals surface area contributed by atoms with Gasteiger partial charge in [0.1, 0.15) is 0 Å². The smallest absolute Gasteiger partial charge is 0.317 e. The fraction of sp³-hybridized carbons (Fsp3) is 0.875. The van der Waals surface area contributed by atoms with Gasteiger partial charge in [0, 0.05) is 26.1 Å². The fourth-order valence-electron chi connectivity index (χ4n) is 2.81. The number of nitrogens with one attached hydrogen (secondary N) is 1. The molecule has 1 atom stereocenters. The van der Waals surface area contributed by atoms with Gasteiger partial charge in [-0.25, -0.2) is 4.79 Å². The molecule has 2 amide bonds. The number of nitrogens with zero attached hydrogens (tertiary/aromatic N) is 1. The van der Waals surface area contributed by atoms with Crippen LogP contribution < -0.4 is 5.32 Å². The summed E-state index contributed by atoms with van der Waals surface area (Å²) in [6.45, 7) is 10.6. The predicted molar refractivity (Wildman–Crippen MR) is 83.2 cm³/mol.